The van der Waals surface area contributed by atoms with Gasteiger partial charge in [-0.1, -0.05) is 17.7 Å². The molecule has 1 unspecified atom stereocenters. The van der Waals surface area contributed by atoms with Gasteiger partial charge in [0.15, 0.2) is 0 Å². The van der Waals surface area contributed by atoms with Crippen molar-refractivity contribution in [1.29, 1.82) is 0 Å². The molecular formula is C14H20O6S. The van der Waals surface area contributed by atoms with Gasteiger partial charge in [-0.25, -0.2) is 0 Å². The van der Waals surface area contributed by atoms with Gasteiger partial charge in [0.1, 0.15) is 0 Å². The van der Waals surface area contributed by atoms with E-state index in [4.69, 9.17) is 8.92 Å². The van der Waals surface area contributed by atoms with Gasteiger partial charge in [-0.3, -0.25) is 8.98 Å². The van der Waals surface area contributed by atoms with E-state index in [0.29, 0.717) is 0 Å². The molecule has 0 spiro atoms. The van der Waals surface area contributed by atoms with E-state index in [9.17, 15) is 13.2 Å². The molecule has 118 valence electrons. The molecule has 0 saturated heterocycles. The Balaban J connectivity index is 2.84. The van der Waals surface area contributed by atoms with Gasteiger partial charge in [0.05, 0.1) is 24.5 Å². The van der Waals surface area contributed by atoms with Gasteiger partial charge in [0, 0.05) is 13.7 Å². The molecule has 0 aliphatic heterocycles. The fourth-order valence-corrected chi connectivity index (χ4v) is 2.75. The molecule has 1 rings (SSSR count). The zero-order valence-electron chi connectivity index (χ0n) is 12.4. The van der Waals surface area contributed by atoms with Gasteiger partial charge in [0.2, 0.25) is 0 Å². The maximum atomic E-state index is 12.2. The molecule has 0 aliphatic rings. The number of hydrogen-bond acceptors (Lipinski definition) is 6. The van der Waals surface area contributed by atoms with Crippen molar-refractivity contribution in [2.75, 3.05) is 20.8 Å². The average Bonchev–Trinajstić information content (AvgIpc) is 2.44. The molecule has 0 saturated carbocycles. The van der Waals surface area contributed by atoms with Gasteiger partial charge in [-0.2, -0.15) is 8.42 Å². The van der Waals surface area contributed by atoms with Crippen LogP contribution in [0.25, 0.3) is 0 Å². The van der Waals surface area contributed by atoms with Crippen molar-refractivity contribution < 1.29 is 26.9 Å². The summed E-state index contributed by atoms with van der Waals surface area (Å²) in [6.45, 7) is 2.14. The highest BCUT2D eigenvalue weighted by Gasteiger charge is 2.24. The second-order valence-electron chi connectivity index (χ2n) is 4.55. The lowest BCUT2D eigenvalue weighted by Crippen LogP contribution is -2.24. The summed E-state index contributed by atoms with van der Waals surface area (Å²) < 4.78 is 38.9. The fraction of sp³-hybridized carbons (Fsp3) is 0.500. The Labute approximate surface area is 125 Å². The highest BCUT2D eigenvalue weighted by molar-refractivity contribution is 7.86. The van der Waals surface area contributed by atoms with Crippen molar-refractivity contribution in [2.24, 2.45) is 0 Å². The van der Waals surface area contributed by atoms with Crippen molar-refractivity contribution in [3.05, 3.63) is 29.8 Å². The van der Waals surface area contributed by atoms with Crippen LogP contribution in [0.3, 0.4) is 0 Å². The Morgan fingerprint density at radius 3 is 2.33 bits per heavy atom. The first-order valence-electron chi connectivity index (χ1n) is 6.44. The number of hydrogen-bond donors (Lipinski definition) is 0. The summed E-state index contributed by atoms with van der Waals surface area (Å²) in [5, 5.41) is 0. The van der Waals surface area contributed by atoms with Gasteiger partial charge in [-0.05, 0) is 25.5 Å². The van der Waals surface area contributed by atoms with Crippen LogP contribution in [0.5, 0.6) is 0 Å². The lowest BCUT2D eigenvalue weighted by atomic mass is 10.2. The zero-order chi connectivity index (χ0) is 15.9. The van der Waals surface area contributed by atoms with Crippen LogP contribution in [0.4, 0.5) is 0 Å². The van der Waals surface area contributed by atoms with Gasteiger partial charge in [0.25, 0.3) is 10.1 Å². The Kier molecular flexibility index (Phi) is 6.80. The lowest BCUT2D eigenvalue weighted by molar-refractivity contribution is -0.142. The summed E-state index contributed by atoms with van der Waals surface area (Å²) in [7, 11) is -1.19. The Hall–Kier alpha value is -1.44. The number of carbonyl (C=O) groups is 1. The highest BCUT2D eigenvalue weighted by Crippen LogP contribution is 2.18. The second kappa shape index (κ2) is 8.11. The SMILES string of the molecule is COCCC(CC(=O)OC)OS(=O)(=O)c1ccc(C)cc1. The van der Waals surface area contributed by atoms with E-state index in [0.717, 1.165) is 5.56 Å². The Morgan fingerprint density at radius 1 is 1.19 bits per heavy atom. The molecule has 1 atom stereocenters. The zero-order valence-corrected chi connectivity index (χ0v) is 13.2. The van der Waals surface area contributed by atoms with E-state index < -0.39 is 22.2 Å². The lowest BCUT2D eigenvalue weighted by Gasteiger charge is -2.16. The number of carbonyl (C=O) groups excluding carboxylic acids is 1. The van der Waals surface area contributed by atoms with Crippen LogP contribution in [0.15, 0.2) is 29.2 Å². The van der Waals surface area contributed by atoms with Crippen LogP contribution >= 0.6 is 0 Å². The maximum Gasteiger partial charge on any atom is 0.308 e. The van der Waals surface area contributed by atoms with Crippen molar-refractivity contribution in [3.63, 3.8) is 0 Å². The first kappa shape index (κ1) is 17.6. The molecule has 21 heavy (non-hydrogen) atoms. The Bertz CT molecular complexity index is 549. The van der Waals surface area contributed by atoms with Gasteiger partial charge < -0.3 is 9.47 Å². The molecular weight excluding hydrogens is 296 g/mol. The van der Waals surface area contributed by atoms with Crippen molar-refractivity contribution in [3.8, 4) is 0 Å². The molecule has 0 fully saturated rings. The first-order valence-corrected chi connectivity index (χ1v) is 7.85. The highest BCUT2D eigenvalue weighted by atomic mass is 32.2. The number of rotatable bonds is 8. The number of esters is 1. The normalized spacial score (nSPS) is 12.9. The summed E-state index contributed by atoms with van der Waals surface area (Å²) in [5.41, 5.74) is 0.944. The van der Waals surface area contributed by atoms with E-state index >= 15 is 0 Å². The first-order chi connectivity index (χ1) is 9.89. The molecule has 0 aromatic heterocycles. The van der Waals surface area contributed by atoms with E-state index in [1.807, 2.05) is 6.92 Å². The van der Waals surface area contributed by atoms with Crippen LogP contribution in [0.2, 0.25) is 0 Å². The predicted octanol–water partition coefficient (Wildman–Crippen LogP) is 1.67. The quantitative estimate of drug-likeness (QED) is 0.536. The maximum absolute atomic E-state index is 12.2. The van der Waals surface area contributed by atoms with Crippen LogP contribution in [0.1, 0.15) is 18.4 Å². The molecule has 0 amide bonds. The number of benzene rings is 1. The molecule has 0 radical (unpaired) electrons. The molecule has 0 N–H and O–H groups in total. The summed E-state index contributed by atoms with van der Waals surface area (Å²) in [4.78, 5) is 11.4. The third kappa shape index (κ3) is 5.82. The minimum Gasteiger partial charge on any atom is -0.469 e. The molecule has 6 nitrogen and oxygen atoms in total. The van der Waals surface area contributed by atoms with E-state index in [2.05, 4.69) is 4.74 Å². The largest absolute Gasteiger partial charge is 0.469 e. The van der Waals surface area contributed by atoms with Crippen molar-refractivity contribution in [2.45, 2.75) is 30.8 Å². The molecule has 1 aromatic carbocycles. The van der Waals surface area contributed by atoms with Crippen LogP contribution in [-0.4, -0.2) is 41.3 Å². The molecule has 1 aromatic rings. The van der Waals surface area contributed by atoms with Gasteiger partial charge in [-0.15, -0.1) is 0 Å². The van der Waals surface area contributed by atoms with E-state index in [1.54, 1.807) is 12.1 Å². The van der Waals surface area contributed by atoms with E-state index in [1.165, 1.54) is 26.4 Å². The topological polar surface area (TPSA) is 78.9 Å². The minimum absolute atomic E-state index is 0.0559. The third-order valence-corrected chi connectivity index (χ3v) is 4.21. The fourth-order valence-electron chi connectivity index (χ4n) is 1.64. The summed E-state index contributed by atoms with van der Waals surface area (Å²) in [6, 6.07) is 6.30. The minimum atomic E-state index is -3.92. The van der Waals surface area contributed by atoms with E-state index in [-0.39, 0.29) is 24.3 Å². The number of ether oxygens (including phenoxy) is 2. The molecule has 0 heterocycles. The van der Waals surface area contributed by atoms with Crippen molar-refractivity contribution in [1.82, 2.24) is 0 Å². The third-order valence-electron chi connectivity index (χ3n) is 2.84. The summed E-state index contributed by atoms with van der Waals surface area (Å²) >= 11 is 0. The molecule has 0 aliphatic carbocycles. The smallest absolute Gasteiger partial charge is 0.308 e. The standard InChI is InChI=1S/C14H20O6S/c1-11-4-6-13(7-5-11)21(16,17)20-12(8-9-18-2)10-14(15)19-3/h4-7,12H,8-10H2,1-3H3. The monoisotopic (exact) mass is 316 g/mol. The average molecular weight is 316 g/mol. The molecule has 7 heteroatoms. The van der Waals surface area contributed by atoms with Crippen LogP contribution in [0, 0.1) is 6.92 Å². The van der Waals surface area contributed by atoms with Crippen LogP contribution < -0.4 is 0 Å². The number of methoxy groups -OCH3 is 2. The van der Waals surface area contributed by atoms with Gasteiger partial charge >= 0.3 is 5.97 Å². The summed E-state index contributed by atoms with van der Waals surface area (Å²) in [5.74, 6) is -0.532. The summed E-state index contributed by atoms with van der Waals surface area (Å²) in [6.07, 6.45) is -0.689. The second-order valence-corrected chi connectivity index (χ2v) is 6.12. The van der Waals surface area contributed by atoms with Crippen LogP contribution in [-0.2, 0) is 28.6 Å². The molecule has 0 bridgehead atoms. The predicted molar refractivity (Wildman–Crippen MR) is 76.4 cm³/mol. The Morgan fingerprint density at radius 2 is 1.81 bits per heavy atom. The van der Waals surface area contributed by atoms with Crippen molar-refractivity contribution >= 4 is 16.1 Å². The number of aryl methyl sites for hydroxylation is 1.